The fourth-order valence-corrected chi connectivity index (χ4v) is 5.15. The van der Waals surface area contributed by atoms with E-state index in [-0.39, 0.29) is 0 Å². The Labute approximate surface area is 171 Å². The van der Waals surface area contributed by atoms with Crippen molar-refractivity contribution in [2.75, 3.05) is 0 Å². The van der Waals surface area contributed by atoms with Gasteiger partial charge >= 0.3 is 0 Å². The van der Waals surface area contributed by atoms with E-state index in [1.807, 2.05) is 6.92 Å². The molecular weight excluding hydrogens is 328 g/mol. The third kappa shape index (κ3) is 12.7. The molecule has 0 spiro atoms. The van der Waals surface area contributed by atoms with Gasteiger partial charge in [0.25, 0.3) is 0 Å². The topological polar surface area (TPSA) is 17.1 Å². The Morgan fingerprint density at radius 3 is 1.33 bits per heavy atom. The molecule has 2 atom stereocenters. The van der Waals surface area contributed by atoms with Crippen molar-refractivity contribution in [1.29, 1.82) is 0 Å². The van der Waals surface area contributed by atoms with Crippen LogP contribution < -0.4 is 0 Å². The van der Waals surface area contributed by atoms with Crippen molar-refractivity contribution in [2.45, 2.75) is 143 Å². The van der Waals surface area contributed by atoms with Crippen LogP contribution in [0.2, 0.25) is 0 Å². The van der Waals surface area contributed by atoms with Crippen LogP contribution in [-0.2, 0) is 4.79 Å². The van der Waals surface area contributed by atoms with Gasteiger partial charge in [0.05, 0.1) is 0 Å². The fourth-order valence-electron chi connectivity index (χ4n) is 5.15. The molecule has 0 aromatic heterocycles. The van der Waals surface area contributed by atoms with Crippen LogP contribution in [0, 0.1) is 17.8 Å². The summed E-state index contributed by atoms with van der Waals surface area (Å²) in [5.41, 5.74) is 0. The molecule has 1 rings (SSSR count). The molecule has 0 aromatic carbocycles. The second-order valence-electron chi connectivity index (χ2n) is 9.57. The standard InChI is InChI=1S/C26H50O/c1-4-6-8-10-12-14-16-18-24-20-25(22-26(21-24)23(3)27)19-17-15-13-11-9-7-5-2/h24-26H,4-22H2,1-3H3. The normalized spacial score (nSPS) is 22.9. The largest absolute Gasteiger partial charge is 0.300 e. The predicted molar refractivity (Wildman–Crippen MR) is 120 cm³/mol. The summed E-state index contributed by atoms with van der Waals surface area (Å²) in [7, 11) is 0. The van der Waals surface area contributed by atoms with Gasteiger partial charge in [0.2, 0.25) is 0 Å². The van der Waals surface area contributed by atoms with Crippen LogP contribution in [0.15, 0.2) is 0 Å². The summed E-state index contributed by atoms with van der Waals surface area (Å²) < 4.78 is 0. The first-order chi connectivity index (χ1) is 13.2. The third-order valence-electron chi connectivity index (χ3n) is 6.91. The van der Waals surface area contributed by atoms with Gasteiger partial charge in [-0.1, -0.05) is 117 Å². The summed E-state index contributed by atoms with van der Waals surface area (Å²) >= 11 is 0. The molecule has 27 heavy (non-hydrogen) atoms. The minimum atomic E-state index is 0.378. The first kappa shape index (κ1) is 24.7. The van der Waals surface area contributed by atoms with E-state index in [2.05, 4.69) is 13.8 Å². The number of Topliss-reactive ketones (excluding diaryl/α,β-unsaturated/α-hetero) is 1. The molecule has 1 heteroatoms. The molecule has 1 saturated carbocycles. The number of unbranched alkanes of at least 4 members (excludes halogenated alkanes) is 12. The Hall–Kier alpha value is -0.330. The predicted octanol–water partition coefficient (Wildman–Crippen LogP) is 8.89. The molecule has 0 amide bonds. The lowest BCUT2D eigenvalue weighted by Gasteiger charge is -2.34. The number of ketones is 1. The number of carbonyl (C=O) groups excluding carboxylic acids is 1. The molecule has 1 aliphatic carbocycles. The summed E-state index contributed by atoms with van der Waals surface area (Å²) in [4.78, 5) is 12.0. The first-order valence-electron chi connectivity index (χ1n) is 12.7. The van der Waals surface area contributed by atoms with Gasteiger partial charge < -0.3 is 0 Å². The molecule has 0 saturated heterocycles. The number of hydrogen-bond acceptors (Lipinski definition) is 1. The van der Waals surface area contributed by atoms with Gasteiger partial charge in [-0.25, -0.2) is 0 Å². The van der Waals surface area contributed by atoms with E-state index in [9.17, 15) is 4.79 Å². The lowest BCUT2D eigenvalue weighted by atomic mass is 9.71. The lowest BCUT2D eigenvalue weighted by molar-refractivity contribution is -0.122. The van der Waals surface area contributed by atoms with Crippen LogP contribution in [0.4, 0.5) is 0 Å². The summed E-state index contributed by atoms with van der Waals surface area (Å²) in [6.45, 7) is 6.42. The van der Waals surface area contributed by atoms with E-state index in [0.29, 0.717) is 11.7 Å². The molecule has 0 aliphatic heterocycles. The maximum atomic E-state index is 12.0. The summed E-state index contributed by atoms with van der Waals surface area (Å²) in [6, 6.07) is 0. The van der Waals surface area contributed by atoms with Gasteiger partial charge in [0, 0.05) is 5.92 Å². The zero-order valence-corrected chi connectivity index (χ0v) is 19.1. The Bertz CT molecular complexity index is 322. The van der Waals surface area contributed by atoms with Crippen molar-refractivity contribution in [2.24, 2.45) is 17.8 Å². The first-order valence-corrected chi connectivity index (χ1v) is 12.7. The van der Waals surface area contributed by atoms with Crippen LogP contribution in [0.3, 0.4) is 0 Å². The summed E-state index contributed by atoms with van der Waals surface area (Å²) in [5.74, 6) is 2.50. The molecule has 2 unspecified atom stereocenters. The molecule has 0 bridgehead atoms. The van der Waals surface area contributed by atoms with Crippen LogP contribution in [0.5, 0.6) is 0 Å². The summed E-state index contributed by atoms with van der Waals surface area (Å²) in [5, 5.41) is 0. The van der Waals surface area contributed by atoms with Crippen LogP contribution in [0.25, 0.3) is 0 Å². The molecule has 0 aromatic rings. The van der Waals surface area contributed by atoms with E-state index in [4.69, 9.17) is 0 Å². The minimum absolute atomic E-state index is 0.378. The van der Waals surface area contributed by atoms with Gasteiger partial charge in [0.15, 0.2) is 0 Å². The fraction of sp³-hybridized carbons (Fsp3) is 0.962. The molecular formula is C26H50O. The highest BCUT2D eigenvalue weighted by molar-refractivity contribution is 5.78. The number of hydrogen-bond donors (Lipinski definition) is 0. The molecule has 1 aliphatic rings. The SMILES string of the molecule is CCCCCCCCCC1CC(CCCCCCCCC)CC(C(C)=O)C1. The molecule has 160 valence electrons. The minimum Gasteiger partial charge on any atom is -0.300 e. The second kappa shape index (κ2) is 16.6. The van der Waals surface area contributed by atoms with Crippen molar-refractivity contribution < 1.29 is 4.79 Å². The van der Waals surface area contributed by atoms with Crippen molar-refractivity contribution in [3.05, 3.63) is 0 Å². The van der Waals surface area contributed by atoms with Crippen LogP contribution in [-0.4, -0.2) is 5.78 Å². The number of carbonyl (C=O) groups is 1. The highest BCUT2D eigenvalue weighted by Crippen LogP contribution is 2.39. The van der Waals surface area contributed by atoms with Crippen LogP contribution >= 0.6 is 0 Å². The Morgan fingerprint density at radius 1 is 0.593 bits per heavy atom. The number of rotatable bonds is 17. The van der Waals surface area contributed by atoms with E-state index < -0.39 is 0 Å². The van der Waals surface area contributed by atoms with Gasteiger partial charge in [-0.15, -0.1) is 0 Å². The smallest absolute Gasteiger partial charge is 0.132 e. The highest BCUT2D eigenvalue weighted by atomic mass is 16.1. The van der Waals surface area contributed by atoms with E-state index >= 15 is 0 Å². The third-order valence-corrected chi connectivity index (χ3v) is 6.91. The average molecular weight is 379 g/mol. The monoisotopic (exact) mass is 378 g/mol. The molecule has 0 heterocycles. The second-order valence-corrected chi connectivity index (χ2v) is 9.57. The van der Waals surface area contributed by atoms with Gasteiger partial charge in [0.1, 0.15) is 5.78 Å². The molecule has 0 radical (unpaired) electrons. The van der Waals surface area contributed by atoms with Crippen molar-refractivity contribution in [3.8, 4) is 0 Å². The van der Waals surface area contributed by atoms with Crippen molar-refractivity contribution in [3.63, 3.8) is 0 Å². The molecule has 1 fully saturated rings. The van der Waals surface area contributed by atoms with E-state index in [0.717, 1.165) is 11.8 Å². The highest BCUT2D eigenvalue weighted by Gasteiger charge is 2.30. The van der Waals surface area contributed by atoms with Crippen molar-refractivity contribution in [1.82, 2.24) is 0 Å². The Morgan fingerprint density at radius 2 is 0.963 bits per heavy atom. The maximum absolute atomic E-state index is 12.0. The van der Waals surface area contributed by atoms with Gasteiger partial charge in [-0.05, 0) is 38.0 Å². The maximum Gasteiger partial charge on any atom is 0.132 e. The van der Waals surface area contributed by atoms with Crippen molar-refractivity contribution >= 4 is 5.78 Å². The summed E-state index contributed by atoms with van der Waals surface area (Å²) in [6.07, 6.45) is 26.2. The zero-order valence-electron chi connectivity index (χ0n) is 19.1. The lowest BCUT2D eigenvalue weighted by Crippen LogP contribution is -2.27. The van der Waals surface area contributed by atoms with Gasteiger partial charge in [-0.2, -0.15) is 0 Å². The molecule has 0 N–H and O–H groups in total. The Balaban J connectivity index is 2.20. The average Bonchev–Trinajstić information content (AvgIpc) is 2.66. The van der Waals surface area contributed by atoms with E-state index in [1.165, 1.54) is 122 Å². The Kier molecular flexibility index (Phi) is 15.2. The zero-order chi connectivity index (χ0) is 19.7. The quantitative estimate of drug-likeness (QED) is 0.231. The molecule has 1 nitrogen and oxygen atoms in total. The van der Waals surface area contributed by atoms with E-state index in [1.54, 1.807) is 0 Å². The van der Waals surface area contributed by atoms with Gasteiger partial charge in [-0.3, -0.25) is 4.79 Å². The van der Waals surface area contributed by atoms with Crippen LogP contribution in [0.1, 0.15) is 143 Å².